The second-order valence-electron chi connectivity index (χ2n) is 12.0. The van der Waals surface area contributed by atoms with Gasteiger partial charge in [-0.3, -0.25) is 14.4 Å². The standard InChI is InChI=1S/C29H40O10/c1-7-15(2)25(33)39-24-20(32)12-21-27(6,22-11-19-8-9-34-26(19)38-22)16(3)10-23(37-18(5)31)28(21,13-35-17(4)30)29(24)14-36-29/h8-10,15,19-24,26,32H,7,11-14H2,1-6H3/t15-,19-,20-,21-,22+,23+,24+,26+,27+,28+,29-/m1/s1. The van der Waals surface area contributed by atoms with Gasteiger partial charge in [-0.2, -0.15) is 0 Å². The van der Waals surface area contributed by atoms with Gasteiger partial charge >= 0.3 is 17.9 Å². The Kier molecular flexibility index (Phi) is 7.13. The summed E-state index contributed by atoms with van der Waals surface area (Å²) in [6.45, 7) is 10.4. The predicted octanol–water partition coefficient (Wildman–Crippen LogP) is 2.82. The summed E-state index contributed by atoms with van der Waals surface area (Å²) in [6.07, 6.45) is 3.37. The van der Waals surface area contributed by atoms with Crippen molar-refractivity contribution in [2.24, 2.45) is 28.6 Å². The molecular formula is C29H40O10. The van der Waals surface area contributed by atoms with E-state index in [2.05, 4.69) is 6.92 Å². The molecule has 1 saturated carbocycles. The van der Waals surface area contributed by atoms with Crippen LogP contribution in [0.3, 0.4) is 0 Å². The lowest BCUT2D eigenvalue weighted by molar-refractivity contribution is -0.248. The fourth-order valence-electron chi connectivity index (χ4n) is 7.50. The number of fused-ring (bicyclic) bond motifs is 3. The van der Waals surface area contributed by atoms with Crippen LogP contribution < -0.4 is 0 Å². The minimum atomic E-state index is -1.24. The molecule has 0 unspecified atom stereocenters. The van der Waals surface area contributed by atoms with E-state index in [4.69, 9.17) is 28.4 Å². The Morgan fingerprint density at radius 3 is 2.49 bits per heavy atom. The summed E-state index contributed by atoms with van der Waals surface area (Å²) in [7, 11) is 0. The second kappa shape index (κ2) is 9.89. The first-order valence-electron chi connectivity index (χ1n) is 13.9. The molecule has 5 aliphatic rings. The molecule has 2 aliphatic carbocycles. The van der Waals surface area contributed by atoms with E-state index in [-0.39, 0.29) is 37.6 Å². The molecule has 3 aliphatic heterocycles. The van der Waals surface area contributed by atoms with Crippen LogP contribution in [0, 0.1) is 28.6 Å². The summed E-state index contributed by atoms with van der Waals surface area (Å²) in [5.74, 6) is -2.16. The van der Waals surface area contributed by atoms with Gasteiger partial charge in [0.2, 0.25) is 6.29 Å². The third-order valence-electron chi connectivity index (χ3n) is 10.0. The molecule has 10 nitrogen and oxygen atoms in total. The van der Waals surface area contributed by atoms with E-state index in [1.54, 1.807) is 13.2 Å². The average Bonchev–Trinajstić information content (AvgIpc) is 3.36. The number of epoxide rings is 1. The van der Waals surface area contributed by atoms with Crippen LogP contribution in [-0.2, 0) is 42.8 Å². The van der Waals surface area contributed by atoms with Crippen LogP contribution in [0.1, 0.15) is 60.8 Å². The Bertz CT molecular complexity index is 1080. The molecule has 216 valence electrons. The molecule has 11 atom stereocenters. The Hall–Kier alpha value is -2.43. The first-order valence-corrected chi connectivity index (χ1v) is 13.9. The lowest BCUT2D eigenvalue weighted by Crippen LogP contribution is -2.72. The summed E-state index contributed by atoms with van der Waals surface area (Å²) < 4.78 is 35.9. The number of ether oxygens (including phenoxy) is 6. The first-order chi connectivity index (χ1) is 18.4. The van der Waals surface area contributed by atoms with E-state index in [0.29, 0.717) is 12.8 Å². The minimum Gasteiger partial charge on any atom is -0.472 e. The van der Waals surface area contributed by atoms with Crippen molar-refractivity contribution in [1.29, 1.82) is 0 Å². The van der Waals surface area contributed by atoms with Crippen LogP contribution in [0.25, 0.3) is 0 Å². The van der Waals surface area contributed by atoms with Crippen LogP contribution in [0.5, 0.6) is 0 Å². The summed E-state index contributed by atoms with van der Waals surface area (Å²) in [4.78, 5) is 37.6. The third kappa shape index (κ3) is 4.21. The average molecular weight is 549 g/mol. The highest BCUT2D eigenvalue weighted by atomic mass is 16.7. The number of rotatable bonds is 7. The van der Waals surface area contributed by atoms with Gasteiger partial charge in [-0.15, -0.1) is 0 Å². The topological polar surface area (TPSA) is 130 Å². The SMILES string of the molecule is CC[C@@H](C)C(=O)O[C@H]1[C@H](O)C[C@@H]2[C@@](C)([C@@H]3C[C@H]4C=CO[C@H]4O3)C(C)=C[C@H](OC(C)=O)[C@@]2(COC(C)=O)[C@@]12CO2. The highest BCUT2D eigenvalue weighted by Gasteiger charge is 2.80. The first kappa shape index (κ1) is 28.1. The molecule has 1 N–H and O–H groups in total. The molecule has 0 amide bonds. The minimum absolute atomic E-state index is 0.0950. The normalized spacial score (nSPS) is 44.5. The summed E-state index contributed by atoms with van der Waals surface area (Å²) in [6, 6.07) is 0. The number of carbonyl (C=O) groups excluding carboxylic acids is 3. The maximum absolute atomic E-state index is 13.0. The Balaban J connectivity index is 1.65. The molecule has 0 radical (unpaired) electrons. The molecule has 39 heavy (non-hydrogen) atoms. The fraction of sp³-hybridized carbons (Fsp3) is 0.759. The predicted molar refractivity (Wildman–Crippen MR) is 136 cm³/mol. The number of esters is 3. The Labute approximate surface area is 229 Å². The quantitative estimate of drug-likeness (QED) is 0.219. The Morgan fingerprint density at radius 2 is 1.90 bits per heavy atom. The van der Waals surface area contributed by atoms with Gasteiger partial charge < -0.3 is 33.5 Å². The van der Waals surface area contributed by atoms with Crippen LogP contribution in [0.2, 0.25) is 0 Å². The zero-order valence-electron chi connectivity index (χ0n) is 23.5. The number of aliphatic hydroxyl groups is 1. The second-order valence-corrected chi connectivity index (χ2v) is 12.0. The van der Waals surface area contributed by atoms with E-state index in [1.165, 1.54) is 13.8 Å². The lowest BCUT2D eigenvalue weighted by Gasteiger charge is -2.62. The molecule has 0 aromatic heterocycles. The maximum atomic E-state index is 13.0. The molecule has 2 saturated heterocycles. The zero-order chi connectivity index (χ0) is 28.3. The van der Waals surface area contributed by atoms with Gasteiger partial charge in [0.1, 0.15) is 18.3 Å². The van der Waals surface area contributed by atoms with Crippen molar-refractivity contribution in [1.82, 2.24) is 0 Å². The van der Waals surface area contributed by atoms with E-state index in [9.17, 15) is 19.5 Å². The van der Waals surface area contributed by atoms with Crippen LogP contribution in [0.15, 0.2) is 24.0 Å². The van der Waals surface area contributed by atoms with Gasteiger partial charge in [0.05, 0.1) is 36.4 Å². The molecule has 10 heteroatoms. The van der Waals surface area contributed by atoms with Crippen LogP contribution in [-0.4, -0.2) is 72.5 Å². The van der Waals surface area contributed by atoms with Crippen molar-refractivity contribution in [3.8, 4) is 0 Å². The van der Waals surface area contributed by atoms with Gasteiger partial charge in [0, 0.05) is 25.2 Å². The van der Waals surface area contributed by atoms with Crippen molar-refractivity contribution >= 4 is 17.9 Å². The van der Waals surface area contributed by atoms with Gasteiger partial charge in [0.25, 0.3) is 0 Å². The lowest BCUT2D eigenvalue weighted by atomic mass is 9.44. The van der Waals surface area contributed by atoms with Gasteiger partial charge in [-0.25, -0.2) is 0 Å². The Morgan fingerprint density at radius 1 is 1.18 bits per heavy atom. The van der Waals surface area contributed by atoms with Crippen molar-refractivity contribution in [2.75, 3.05) is 13.2 Å². The smallest absolute Gasteiger partial charge is 0.309 e. The monoisotopic (exact) mass is 548 g/mol. The molecule has 0 aromatic carbocycles. The van der Waals surface area contributed by atoms with Crippen molar-refractivity contribution in [2.45, 2.75) is 97.1 Å². The van der Waals surface area contributed by atoms with Crippen LogP contribution >= 0.6 is 0 Å². The summed E-state index contributed by atoms with van der Waals surface area (Å²) in [5.41, 5.74) is -2.14. The summed E-state index contributed by atoms with van der Waals surface area (Å²) >= 11 is 0. The third-order valence-corrected chi connectivity index (χ3v) is 10.0. The number of aliphatic hydroxyl groups excluding tert-OH is 1. The molecule has 1 spiro atoms. The highest BCUT2D eigenvalue weighted by molar-refractivity contribution is 5.72. The van der Waals surface area contributed by atoms with Crippen molar-refractivity contribution in [3.63, 3.8) is 0 Å². The number of carbonyl (C=O) groups is 3. The number of hydrogen-bond donors (Lipinski definition) is 1. The van der Waals surface area contributed by atoms with E-state index in [0.717, 1.165) is 5.57 Å². The zero-order valence-corrected chi connectivity index (χ0v) is 23.5. The van der Waals surface area contributed by atoms with Crippen molar-refractivity contribution < 1.29 is 47.9 Å². The largest absolute Gasteiger partial charge is 0.472 e. The molecule has 0 aromatic rings. The van der Waals surface area contributed by atoms with Gasteiger partial charge in [0.15, 0.2) is 6.10 Å². The van der Waals surface area contributed by atoms with Crippen molar-refractivity contribution in [3.05, 3.63) is 24.0 Å². The maximum Gasteiger partial charge on any atom is 0.309 e. The van der Waals surface area contributed by atoms with Gasteiger partial charge in [-0.05, 0) is 44.3 Å². The van der Waals surface area contributed by atoms with E-state index in [1.807, 2.05) is 26.0 Å². The molecule has 0 bridgehead atoms. The molecule has 3 fully saturated rings. The van der Waals surface area contributed by atoms with Gasteiger partial charge in [-0.1, -0.05) is 26.3 Å². The molecule has 5 rings (SSSR count). The van der Waals surface area contributed by atoms with E-state index >= 15 is 0 Å². The number of hydrogen-bond acceptors (Lipinski definition) is 10. The fourth-order valence-corrected chi connectivity index (χ4v) is 7.50. The van der Waals surface area contributed by atoms with Crippen LogP contribution in [0.4, 0.5) is 0 Å². The molecule has 3 heterocycles. The molecular weight excluding hydrogens is 508 g/mol. The highest BCUT2D eigenvalue weighted by Crippen LogP contribution is 2.69. The summed E-state index contributed by atoms with van der Waals surface area (Å²) in [5, 5.41) is 11.6. The van der Waals surface area contributed by atoms with E-state index < -0.39 is 64.9 Å².